The van der Waals surface area contributed by atoms with Crippen molar-refractivity contribution in [2.45, 2.75) is 26.1 Å². The van der Waals surface area contributed by atoms with Crippen LogP contribution < -0.4 is 9.47 Å². The molecule has 0 aliphatic carbocycles. The third kappa shape index (κ3) is 6.04. The molecule has 120 valence electrons. The highest BCUT2D eigenvalue weighted by atomic mass is 79.9. The van der Waals surface area contributed by atoms with Crippen molar-refractivity contribution in [3.05, 3.63) is 22.2 Å². The Labute approximate surface area is 139 Å². The highest BCUT2D eigenvalue weighted by Crippen LogP contribution is 2.37. The van der Waals surface area contributed by atoms with Gasteiger partial charge in [0, 0.05) is 5.88 Å². The van der Waals surface area contributed by atoms with E-state index in [1.165, 1.54) is 0 Å². The molecule has 0 aromatic heterocycles. The van der Waals surface area contributed by atoms with E-state index in [0.29, 0.717) is 34.9 Å². The van der Waals surface area contributed by atoms with Gasteiger partial charge >= 0.3 is 0 Å². The Morgan fingerprint density at radius 1 is 1.19 bits per heavy atom. The van der Waals surface area contributed by atoms with Crippen molar-refractivity contribution < 1.29 is 17.9 Å². The smallest absolute Gasteiger partial charge is 0.175 e. The molecule has 0 radical (unpaired) electrons. The third-order valence-electron chi connectivity index (χ3n) is 2.68. The number of rotatable bonds is 9. The molecule has 0 saturated carbocycles. The van der Waals surface area contributed by atoms with Gasteiger partial charge in [-0.3, -0.25) is 0 Å². The van der Waals surface area contributed by atoms with E-state index >= 15 is 0 Å². The largest absolute Gasteiger partial charge is 0.490 e. The standard InChI is InChI=1S/C14H20BrClO4S/c1-3-6-21(17,18)7-5-20-14-12(15)8-11(10-16)9-13(14)19-4-2/h8-9H,3-7,10H2,1-2H3. The molecule has 21 heavy (non-hydrogen) atoms. The van der Waals surface area contributed by atoms with E-state index in [0.717, 1.165) is 5.56 Å². The van der Waals surface area contributed by atoms with Crippen LogP contribution in [0.3, 0.4) is 0 Å². The van der Waals surface area contributed by atoms with E-state index in [1.807, 2.05) is 19.9 Å². The SMILES string of the molecule is CCCS(=O)(=O)CCOc1c(Br)cc(CCl)cc1OCC. The van der Waals surface area contributed by atoms with Gasteiger partial charge in [0.2, 0.25) is 0 Å². The lowest BCUT2D eigenvalue weighted by Crippen LogP contribution is -2.17. The normalized spacial score (nSPS) is 11.4. The average Bonchev–Trinajstić information content (AvgIpc) is 2.41. The number of hydrogen-bond donors (Lipinski definition) is 0. The first-order chi connectivity index (χ1) is 9.93. The summed E-state index contributed by atoms with van der Waals surface area (Å²) in [4.78, 5) is 0. The van der Waals surface area contributed by atoms with Gasteiger partial charge in [-0.15, -0.1) is 11.6 Å². The van der Waals surface area contributed by atoms with Crippen molar-refractivity contribution >= 4 is 37.4 Å². The zero-order valence-corrected chi connectivity index (χ0v) is 15.4. The molecule has 0 aliphatic rings. The van der Waals surface area contributed by atoms with Gasteiger partial charge in [-0.05, 0) is 47.0 Å². The molecule has 0 heterocycles. The number of hydrogen-bond acceptors (Lipinski definition) is 4. The molecule has 0 atom stereocenters. The predicted octanol–water partition coefficient (Wildman–Crippen LogP) is 3.79. The lowest BCUT2D eigenvalue weighted by molar-refractivity contribution is 0.286. The molecule has 0 bridgehead atoms. The zero-order chi connectivity index (χ0) is 15.9. The van der Waals surface area contributed by atoms with Gasteiger partial charge in [0.05, 0.1) is 22.6 Å². The summed E-state index contributed by atoms with van der Waals surface area (Å²) in [6, 6.07) is 3.64. The molecule has 1 aromatic carbocycles. The molecular weight excluding hydrogens is 380 g/mol. The Bertz CT molecular complexity index is 560. The molecule has 4 nitrogen and oxygen atoms in total. The highest BCUT2D eigenvalue weighted by molar-refractivity contribution is 9.10. The molecule has 1 aromatic rings. The van der Waals surface area contributed by atoms with Crippen LogP contribution in [0, 0.1) is 0 Å². The van der Waals surface area contributed by atoms with Gasteiger partial charge < -0.3 is 9.47 Å². The van der Waals surface area contributed by atoms with Crippen LogP contribution in [0.4, 0.5) is 0 Å². The fourth-order valence-corrected chi connectivity index (χ4v) is 3.71. The van der Waals surface area contributed by atoms with E-state index in [4.69, 9.17) is 21.1 Å². The summed E-state index contributed by atoms with van der Waals surface area (Å²) in [5.74, 6) is 1.62. The predicted molar refractivity (Wildman–Crippen MR) is 89.3 cm³/mol. The monoisotopic (exact) mass is 398 g/mol. The van der Waals surface area contributed by atoms with Crippen LogP contribution in [-0.2, 0) is 15.7 Å². The van der Waals surface area contributed by atoms with Crippen molar-refractivity contribution in [2.24, 2.45) is 0 Å². The summed E-state index contributed by atoms with van der Waals surface area (Å²) in [7, 11) is -3.05. The van der Waals surface area contributed by atoms with Gasteiger partial charge in [0.15, 0.2) is 21.3 Å². The average molecular weight is 400 g/mol. The van der Waals surface area contributed by atoms with E-state index in [-0.39, 0.29) is 18.1 Å². The molecule has 0 spiro atoms. The van der Waals surface area contributed by atoms with Crippen LogP contribution in [0.5, 0.6) is 11.5 Å². The second-order valence-corrected chi connectivity index (χ2v) is 7.90. The first-order valence-corrected chi connectivity index (χ1v) is 9.92. The Morgan fingerprint density at radius 3 is 2.48 bits per heavy atom. The van der Waals surface area contributed by atoms with Crippen LogP contribution >= 0.6 is 27.5 Å². The number of ether oxygens (including phenoxy) is 2. The third-order valence-corrected chi connectivity index (χ3v) is 5.40. The summed E-state index contributed by atoms with van der Waals surface area (Å²) in [5, 5.41) is 0. The second kappa shape index (κ2) is 8.86. The van der Waals surface area contributed by atoms with Crippen molar-refractivity contribution in [1.82, 2.24) is 0 Å². The van der Waals surface area contributed by atoms with Crippen LogP contribution in [-0.4, -0.2) is 33.1 Å². The van der Waals surface area contributed by atoms with Gasteiger partial charge in [-0.2, -0.15) is 0 Å². The van der Waals surface area contributed by atoms with Gasteiger partial charge in [-0.25, -0.2) is 8.42 Å². The summed E-state index contributed by atoms with van der Waals surface area (Å²) in [6.45, 7) is 4.30. The van der Waals surface area contributed by atoms with Crippen LogP contribution in [0.2, 0.25) is 0 Å². The number of halogens is 2. The van der Waals surface area contributed by atoms with E-state index in [2.05, 4.69) is 15.9 Å². The summed E-state index contributed by atoms with van der Waals surface area (Å²) >= 11 is 9.23. The highest BCUT2D eigenvalue weighted by Gasteiger charge is 2.14. The Balaban J connectivity index is 2.82. The second-order valence-electron chi connectivity index (χ2n) is 4.47. The Morgan fingerprint density at radius 2 is 1.90 bits per heavy atom. The maximum absolute atomic E-state index is 11.7. The van der Waals surface area contributed by atoms with Crippen molar-refractivity contribution in [1.29, 1.82) is 0 Å². The van der Waals surface area contributed by atoms with Crippen LogP contribution in [0.1, 0.15) is 25.8 Å². The lowest BCUT2D eigenvalue weighted by atomic mass is 10.2. The summed E-state index contributed by atoms with van der Waals surface area (Å²) in [6.07, 6.45) is 0.612. The van der Waals surface area contributed by atoms with Crippen molar-refractivity contribution in [3.63, 3.8) is 0 Å². The zero-order valence-electron chi connectivity index (χ0n) is 12.2. The molecule has 0 N–H and O–H groups in total. The van der Waals surface area contributed by atoms with Gasteiger partial charge in [0.25, 0.3) is 0 Å². The molecule has 0 unspecified atom stereocenters. The maximum atomic E-state index is 11.7. The fourth-order valence-electron chi connectivity index (χ4n) is 1.79. The van der Waals surface area contributed by atoms with Gasteiger partial charge in [0.1, 0.15) is 6.61 Å². The lowest BCUT2D eigenvalue weighted by Gasteiger charge is -2.15. The van der Waals surface area contributed by atoms with Crippen molar-refractivity contribution in [2.75, 3.05) is 24.7 Å². The minimum atomic E-state index is -3.05. The molecule has 0 saturated heterocycles. The number of alkyl halides is 1. The van der Waals surface area contributed by atoms with Gasteiger partial charge in [-0.1, -0.05) is 6.92 Å². The van der Waals surface area contributed by atoms with Crippen LogP contribution in [0.15, 0.2) is 16.6 Å². The summed E-state index contributed by atoms with van der Waals surface area (Å²) < 4.78 is 35.2. The first kappa shape index (κ1) is 18.6. The first-order valence-electron chi connectivity index (χ1n) is 6.77. The number of benzene rings is 1. The molecule has 0 fully saturated rings. The molecular formula is C14H20BrClO4S. The van der Waals surface area contributed by atoms with Crippen molar-refractivity contribution in [3.8, 4) is 11.5 Å². The molecule has 7 heteroatoms. The molecule has 0 amide bonds. The molecule has 1 rings (SSSR count). The minimum Gasteiger partial charge on any atom is -0.490 e. The van der Waals surface area contributed by atoms with Crippen LogP contribution in [0.25, 0.3) is 0 Å². The molecule has 0 aliphatic heterocycles. The summed E-state index contributed by atoms with van der Waals surface area (Å²) in [5.41, 5.74) is 0.901. The Kier molecular flexibility index (Phi) is 7.84. The Hall–Kier alpha value is -0.460. The topological polar surface area (TPSA) is 52.6 Å². The minimum absolute atomic E-state index is 0.00387. The van der Waals surface area contributed by atoms with E-state index in [9.17, 15) is 8.42 Å². The van der Waals surface area contributed by atoms with E-state index in [1.54, 1.807) is 6.07 Å². The van der Waals surface area contributed by atoms with E-state index < -0.39 is 9.84 Å². The fraction of sp³-hybridized carbons (Fsp3) is 0.571. The number of sulfone groups is 1. The maximum Gasteiger partial charge on any atom is 0.175 e. The quantitative estimate of drug-likeness (QED) is 0.593.